The Morgan fingerprint density at radius 3 is 2.84 bits per heavy atom. The lowest BCUT2D eigenvalue weighted by Crippen LogP contribution is -2.31. The molecule has 1 aliphatic rings. The molecule has 1 saturated heterocycles. The highest BCUT2D eigenvalue weighted by Crippen LogP contribution is 2.26. The molecular weight excluding hydrogens is 362 g/mol. The van der Waals surface area contributed by atoms with Crippen molar-refractivity contribution in [1.29, 1.82) is 5.26 Å². The molecule has 0 N–H and O–H groups in total. The van der Waals surface area contributed by atoms with Crippen molar-refractivity contribution in [3.63, 3.8) is 0 Å². The third kappa shape index (κ3) is 3.76. The number of nitrogens with zero attached hydrogens (tertiary/aromatic N) is 3. The van der Waals surface area contributed by atoms with E-state index in [4.69, 9.17) is 21.6 Å². The van der Waals surface area contributed by atoms with Crippen molar-refractivity contribution in [2.24, 2.45) is 0 Å². The second-order valence-corrected chi connectivity index (χ2v) is 8.13. The quantitative estimate of drug-likeness (QED) is 0.818. The summed E-state index contributed by atoms with van der Waals surface area (Å²) in [6, 6.07) is 9.70. The van der Waals surface area contributed by atoms with Gasteiger partial charge in [0.1, 0.15) is 17.9 Å². The lowest BCUT2D eigenvalue weighted by Gasteiger charge is -2.17. The topological polar surface area (TPSA) is 83.3 Å². The van der Waals surface area contributed by atoms with Crippen LogP contribution in [-0.2, 0) is 10.0 Å². The molecule has 0 unspecified atom stereocenters. The third-order valence-electron chi connectivity index (χ3n) is 3.99. The second-order valence-electron chi connectivity index (χ2n) is 5.78. The Hall–Kier alpha value is -2.14. The number of aromatic nitrogens is 1. The second kappa shape index (κ2) is 7.00. The molecule has 1 fully saturated rings. The summed E-state index contributed by atoms with van der Waals surface area (Å²) in [5, 5.41) is 9.26. The Morgan fingerprint density at radius 2 is 2.16 bits per heavy atom. The molecule has 1 aliphatic heterocycles. The van der Waals surface area contributed by atoms with Gasteiger partial charge in [0, 0.05) is 12.2 Å². The highest BCUT2D eigenvalue weighted by Gasteiger charge is 2.34. The largest absolute Gasteiger partial charge is 0.487 e. The molecule has 2 heterocycles. The van der Waals surface area contributed by atoms with E-state index in [-0.39, 0.29) is 28.1 Å². The maximum Gasteiger partial charge on any atom is 0.243 e. The lowest BCUT2D eigenvalue weighted by molar-refractivity contribution is 0.214. The average molecular weight is 378 g/mol. The minimum atomic E-state index is -3.69. The normalized spacial score (nSPS) is 18.0. The fourth-order valence-corrected chi connectivity index (χ4v) is 4.30. The van der Waals surface area contributed by atoms with Crippen LogP contribution in [0, 0.1) is 18.3 Å². The van der Waals surface area contributed by atoms with E-state index in [2.05, 4.69) is 4.98 Å². The zero-order chi connectivity index (χ0) is 18.0. The van der Waals surface area contributed by atoms with Crippen molar-refractivity contribution in [3.05, 3.63) is 52.8 Å². The minimum absolute atomic E-state index is 0.0612. The summed E-state index contributed by atoms with van der Waals surface area (Å²) in [4.78, 5) is 4.23. The Balaban J connectivity index is 1.74. The Morgan fingerprint density at radius 1 is 1.36 bits per heavy atom. The SMILES string of the molecule is Cc1ccc(O[C@H]2CCN(S(=O)(=O)c3ccc(Cl)c(C#N)c3)C2)cn1. The summed E-state index contributed by atoms with van der Waals surface area (Å²) in [6.45, 7) is 2.49. The van der Waals surface area contributed by atoms with Crippen LogP contribution in [0.2, 0.25) is 5.02 Å². The monoisotopic (exact) mass is 377 g/mol. The van der Waals surface area contributed by atoms with E-state index < -0.39 is 10.0 Å². The van der Waals surface area contributed by atoms with Gasteiger partial charge >= 0.3 is 0 Å². The van der Waals surface area contributed by atoms with Crippen molar-refractivity contribution < 1.29 is 13.2 Å². The summed E-state index contributed by atoms with van der Waals surface area (Å²) in [5.74, 6) is 0.619. The van der Waals surface area contributed by atoms with Gasteiger partial charge in [-0.1, -0.05) is 11.6 Å². The number of sulfonamides is 1. The first-order chi connectivity index (χ1) is 11.9. The Bertz CT molecular complexity index is 923. The molecule has 6 nitrogen and oxygen atoms in total. The molecule has 0 aliphatic carbocycles. The molecule has 1 atom stereocenters. The van der Waals surface area contributed by atoms with Gasteiger partial charge in [-0.2, -0.15) is 9.57 Å². The van der Waals surface area contributed by atoms with Gasteiger partial charge in [-0.3, -0.25) is 4.98 Å². The van der Waals surface area contributed by atoms with Crippen LogP contribution in [0.25, 0.3) is 0 Å². The van der Waals surface area contributed by atoms with Gasteiger partial charge < -0.3 is 4.74 Å². The molecule has 1 aromatic heterocycles. The van der Waals surface area contributed by atoms with Crippen LogP contribution in [0.3, 0.4) is 0 Å². The molecule has 1 aromatic carbocycles. The van der Waals surface area contributed by atoms with Crippen molar-refractivity contribution in [1.82, 2.24) is 9.29 Å². The maximum absolute atomic E-state index is 12.8. The van der Waals surface area contributed by atoms with E-state index in [0.717, 1.165) is 5.69 Å². The molecule has 3 rings (SSSR count). The number of hydrogen-bond donors (Lipinski definition) is 0. The summed E-state index contributed by atoms with van der Waals surface area (Å²) in [6.07, 6.45) is 1.98. The van der Waals surface area contributed by atoms with Gasteiger partial charge in [0.25, 0.3) is 0 Å². The van der Waals surface area contributed by atoms with E-state index in [1.54, 1.807) is 6.20 Å². The zero-order valence-corrected chi connectivity index (χ0v) is 15.1. The standard InChI is InChI=1S/C17H16ClN3O3S/c1-12-2-3-14(10-20-12)24-15-6-7-21(11-15)25(22,23)16-4-5-17(18)13(8-16)9-19/h2-5,8,10,15H,6-7,11H2,1H3/t15-/m0/s1. The Kier molecular flexibility index (Phi) is 4.95. The Labute approximate surface area is 151 Å². The highest BCUT2D eigenvalue weighted by atomic mass is 35.5. The van der Waals surface area contributed by atoms with Gasteiger partial charge in [0.15, 0.2) is 0 Å². The third-order valence-corrected chi connectivity index (χ3v) is 6.18. The summed E-state index contributed by atoms with van der Waals surface area (Å²) in [5.41, 5.74) is 1.03. The predicted molar refractivity (Wildman–Crippen MR) is 92.9 cm³/mol. The van der Waals surface area contributed by atoms with Crippen molar-refractivity contribution in [3.8, 4) is 11.8 Å². The molecular formula is C17H16ClN3O3S. The van der Waals surface area contributed by atoms with Gasteiger partial charge in [-0.25, -0.2) is 8.42 Å². The molecule has 0 spiro atoms. The van der Waals surface area contributed by atoms with E-state index in [1.807, 2.05) is 25.1 Å². The van der Waals surface area contributed by atoms with E-state index in [1.165, 1.54) is 22.5 Å². The first kappa shape index (κ1) is 17.7. The number of halogens is 1. The predicted octanol–water partition coefficient (Wildman–Crippen LogP) is 2.76. The first-order valence-corrected chi connectivity index (χ1v) is 9.51. The van der Waals surface area contributed by atoms with Crippen molar-refractivity contribution in [2.45, 2.75) is 24.3 Å². The summed E-state index contributed by atoms with van der Waals surface area (Å²) < 4.78 is 32.7. The number of rotatable bonds is 4. The van der Waals surface area contributed by atoms with Crippen LogP contribution >= 0.6 is 11.6 Å². The maximum atomic E-state index is 12.8. The van der Waals surface area contributed by atoms with Gasteiger partial charge in [-0.15, -0.1) is 0 Å². The number of nitriles is 1. The fraction of sp³-hybridized carbons (Fsp3) is 0.294. The van der Waals surface area contributed by atoms with E-state index in [9.17, 15) is 8.42 Å². The van der Waals surface area contributed by atoms with Crippen LogP contribution in [-0.4, -0.2) is 36.9 Å². The van der Waals surface area contributed by atoms with Gasteiger partial charge in [0.2, 0.25) is 10.0 Å². The molecule has 0 radical (unpaired) electrons. The van der Waals surface area contributed by atoms with Crippen molar-refractivity contribution >= 4 is 21.6 Å². The highest BCUT2D eigenvalue weighted by molar-refractivity contribution is 7.89. The molecule has 25 heavy (non-hydrogen) atoms. The summed E-state index contributed by atoms with van der Waals surface area (Å²) in [7, 11) is -3.69. The lowest BCUT2D eigenvalue weighted by atomic mass is 10.2. The van der Waals surface area contributed by atoms with Crippen LogP contribution in [0.1, 0.15) is 17.7 Å². The number of aryl methyl sites for hydroxylation is 1. The molecule has 2 aromatic rings. The van der Waals surface area contributed by atoms with Crippen molar-refractivity contribution in [2.75, 3.05) is 13.1 Å². The molecule has 0 amide bonds. The van der Waals surface area contributed by atoms with E-state index >= 15 is 0 Å². The number of benzene rings is 1. The van der Waals surface area contributed by atoms with Crippen LogP contribution in [0.4, 0.5) is 0 Å². The molecule has 0 bridgehead atoms. The smallest absolute Gasteiger partial charge is 0.243 e. The summed E-state index contributed by atoms with van der Waals surface area (Å²) >= 11 is 5.87. The number of pyridine rings is 1. The number of hydrogen-bond acceptors (Lipinski definition) is 5. The van der Waals surface area contributed by atoms with E-state index in [0.29, 0.717) is 18.7 Å². The fourth-order valence-electron chi connectivity index (χ4n) is 2.63. The molecule has 0 saturated carbocycles. The minimum Gasteiger partial charge on any atom is -0.487 e. The number of ether oxygens (including phenoxy) is 1. The molecule has 8 heteroatoms. The van der Waals surface area contributed by atoms with Crippen LogP contribution in [0.15, 0.2) is 41.4 Å². The van der Waals surface area contributed by atoms with Crippen LogP contribution < -0.4 is 4.74 Å². The first-order valence-electron chi connectivity index (χ1n) is 7.69. The zero-order valence-electron chi connectivity index (χ0n) is 13.5. The van der Waals surface area contributed by atoms with Crippen LogP contribution in [0.5, 0.6) is 5.75 Å². The van der Waals surface area contributed by atoms with Gasteiger partial charge in [0.05, 0.1) is 28.2 Å². The molecule has 130 valence electrons. The van der Waals surface area contributed by atoms with Gasteiger partial charge in [-0.05, 0) is 43.7 Å². The average Bonchev–Trinajstić information content (AvgIpc) is 3.06.